The first-order valence-corrected chi connectivity index (χ1v) is 8.01. The SMILES string of the molecule is COc1ccc(-c2nc(-c3cccc(C=O)c3)n(CCCO)n2)cc1. The summed E-state index contributed by atoms with van der Waals surface area (Å²) < 4.78 is 6.94. The van der Waals surface area contributed by atoms with Crippen LogP contribution in [0.2, 0.25) is 0 Å². The van der Waals surface area contributed by atoms with Crippen LogP contribution in [0.3, 0.4) is 0 Å². The summed E-state index contributed by atoms with van der Waals surface area (Å²) in [6.45, 7) is 0.617. The Kier molecular flexibility index (Phi) is 5.20. The Balaban J connectivity index is 2.03. The Morgan fingerprint density at radius 3 is 2.64 bits per heavy atom. The van der Waals surface area contributed by atoms with Crippen molar-refractivity contribution in [2.45, 2.75) is 13.0 Å². The van der Waals surface area contributed by atoms with Crippen molar-refractivity contribution in [3.05, 3.63) is 54.1 Å². The van der Waals surface area contributed by atoms with E-state index in [9.17, 15) is 4.79 Å². The number of aliphatic hydroxyl groups excluding tert-OH is 1. The Morgan fingerprint density at radius 2 is 1.96 bits per heavy atom. The molecular weight excluding hydrogens is 318 g/mol. The van der Waals surface area contributed by atoms with Crippen molar-refractivity contribution < 1.29 is 14.6 Å². The van der Waals surface area contributed by atoms with Crippen molar-refractivity contribution >= 4 is 6.29 Å². The van der Waals surface area contributed by atoms with Crippen molar-refractivity contribution in [1.82, 2.24) is 14.8 Å². The van der Waals surface area contributed by atoms with Gasteiger partial charge in [-0.1, -0.05) is 18.2 Å². The van der Waals surface area contributed by atoms with Crippen LogP contribution >= 0.6 is 0 Å². The van der Waals surface area contributed by atoms with Crippen LogP contribution in [0, 0.1) is 0 Å². The van der Waals surface area contributed by atoms with Gasteiger partial charge in [0.1, 0.15) is 12.0 Å². The number of methoxy groups -OCH3 is 1. The summed E-state index contributed by atoms with van der Waals surface area (Å²) >= 11 is 0. The van der Waals surface area contributed by atoms with Crippen LogP contribution in [0.1, 0.15) is 16.8 Å². The molecule has 0 saturated heterocycles. The van der Waals surface area contributed by atoms with E-state index in [0.717, 1.165) is 23.2 Å². The highest BCUT2D eigenvalue weighted by molar-refractivity contribution is 5.78. The molecule has 6 heteroatoms. The zero-order valence-corrected chi connectivity index (χ0v) is 13.9. The van der Waals surface area contributed by atoms with Gasteiger partial charge in [0.2, 0.25) is 0 Å². The van der Waals surface area contributed by atoms with Crippen LogP contribution in [-0.2, 0) is 6.54 Å². The molecular formula is C19H19N3O3. The number of aldehydes is 1. The second-order valence-corrected chi connectivity index (χ2v) is 5.53. The van der Waals surface area contributed by atoms with E-state index in [1.54, 1.807) is 23.9 Å². The summed E-state index contributed by atoms with van der Waals surface area (Å²) in [7, 11) is 1.62. The zero-order valence-electron chi connectivity index (χ0n) is 13.9. The molecule has 0 radical (unpaired) electrons. The summed E-state index contributed by atoms with van der Waals surface area (Å²) in [5.74, 6) is 2.03. The number of benzene rings is 2. The van der Waals surface area contributed by atoms with E-state index in [1.807, 2.05) is 36.4 Å². The molecule has 1 aromatic heterocycles. The second-order valence-electron chi connectivity index (χ2n) is 5.53. The summed E-state index contributed by atoms with van der Waals surface area (Å²) in [5, 5.41) is 13.7. The zero-order chi connectivity index (χ0) is 17.6. The van der Waals surface area contributed by atoms with Crippen LogP contribution < -0.4 is 4.74 Å². The van der Waals surface area contributed by atoms with E-state index < -0.39 is 0 Å². The van der Waals surface area contributed by atoms with Crippen LogP contribution in [0.4, 0.5) is 0 Å². The highest BCUT2D eigenvalue weighted by Crippen LogP contribution is 2.24. The van der Waals surface area contributed by atoms with Crippen LogP contribution in [0.15, 0.2) is 48.5 Å². The first-order chi connectivity index (χ1) is 12.2. The molecule has 0 aliphatic rings. The van der Waals surface area contributed by atoms with Gasteiger partial charge in [0.15, 0.2) is 11.6 Å². The lowest BCUT2D eigenvalue weighted by molar-refractivity contribution is 0.112. The van der Waals surface area contributed by atoms with Gasteiger partial charge in [-0.05, 0) is 36.8 Å². The van der Waals surface area contributed by atoms with Crippen molar-refractivity contribution in [1.29, 1.82) is 0 Å². The van der Waals surface area contributed by atoms with E-state index in [1.165, 1.54) is 0 Å². The monoisotopic (exact) mass is 337 g/mol. The normalized spacial score (nSPS) is 10.6. The number of ether oxygens (including phenoxy) is 1. The Hall–Kier alpha value is -2.99. The fraction of sp³-hybridized carbons (Fsp3) is 0.211. The van der Waals surface area contributed by atoms with E-state index in [-0.39, 0.29) is 6.61 Å². The number of hydrogen-bond acceptors (Lipinski definition) is 5. The average Bonchev–Trinajstić information content (AvgIpc) is 3.10. The molecule has 0 atom stereocenters. The third kappa shape index (κ3) is 3.75. The number of aryl methyl sites for hydroxylation is 1. The molecule has 0 aliphatic heterocycles. The van der Waals surface area contributed by atoms with Crippen LogP contribution in [0.25, 0.3) is 22.8 Å². The molecule has 6 nitrogen and oxygen atoms in total. The minimum Gasteiger partial charge on any atom is -0.497 e. The summed E-state index contributed by atoms with van der Waals surface area (Å²) in [4.78, 5) is 15.7. The molecule has 0 fully saturated rings. The molecule has 3 rings (SSSR count). The van der Waals surface area contributed by atoms with E-state index in [4.69, 9.17) is 9.84 Å². The maximum absolute atomic E-state index is 11.0. The maximum Gasteiger partial charge on any atom is 0.181 e. The van der Waals surface area contributed by atoms with Gasteiger partial charge in [0.25, 0.3) is 0 Å². The lowest BCUT2D eigenvalue weighted by atomic mass is 10.1. The third-order valence-corrected chi connectivity index (χ3v) is 3.83. The highest BCUT2D eigenvalue weighted by atomic mass is 16.5. The molecule has 1 N–H and O–H groups in total. The van der Waals surface area contributed by atoms with Gasteiger partial charge < -0.3 is 9.84 Å². The van der Waals surface area contributed by atoms with Gasteiger partial charge in [-0.2, -0.15) is 5.10 Å². The fourth-order valence-corrected chi connectivity index (χ4v) is 2.55. The second kappa shape index (κ2) is 7.72. The Bertz CT molecular complexity index is 857. The lowest BCUT2D eigenvalue weighted by Crippen LogP contribution is -2.04. The molecule has 0 saturated carbocycles. The highest BCUT2D eigenvalue weighted by Gasteiger charge is 2.14. The molecule has 0 unspecified atom stereocenters. The van der Waals surface area contributed by atoms with Crippen molar-refractivity contribution in [2.24, 2.45) is 0 Å². The van der Waals surface area contributed by atoms with Gasteiger partial charge in [0, 0.05) is 29.8 Å². The van der Waals surface area contributed by atoms with Crippen molar-refractivity contribution in [3.8, 4) is 28.5 Å². The summed E-state index contributed by atoms with van der Waals surface area (Å²) in [6.07, 6.45) is 1.38. The number of carbonyl (C=O) groups is 1. The van der Waals surface area contributed by atoms with Gasteiger partial charge in [-0.15, -0.1) is 0 Å². The molecule has 0 spiro atoms. The molecule has 2 aromatic carbocycles. The third-order valence-electron chi connectivity index (χ3n) is 3.83. The van der Waals surface area contributed by atoms with Crippen molar-refractivity contribution in [2.75, 3.05) is 13.7 Å². The fourth-order valence-electron chi connectivity index (χ4n) is 2.55. The molecule has 25 heavy (non-hydrogen) atoms. The van der Waals surface area contributed by atoms with E-state index in [2.05, 4.69) is 10.1 Å². The molecule has 0 aliphatic carbocycles. The average molecular weight is 337 g/mol. The maximum atomic E-state index is 11.0. The van der Waals surface area contributed by atoms with E-state index in [0.29, 0.717) is 30.2 Å². The number of nitrogens with zero attached hydrogens (tertiary/aromatic N) is 3. The standard InChI is InChI=1S/C19H19N3O3/c1-25-17-8-6-15(7-9-17)18-20-19(22(21-18)10-3-11-23)16-5-2-4-14(12-16)13-24/h2,4-9,12-13,23H,3,10-11H2,1H3. The minimum atomic E-state index is 0.0749. The molecule has 0 amide bonds. The Morgan fingerprint density at radius 1 is 1.16 bits per heavy atom. The number of rotatable bonds is 7. The minimum absolute atomic E-state index is 0.0749. The van der Waals surface area contributed by atoms with Gasteiger partial charge in [0.05, 0.1) is 7.11 Å². The van der Waals surface area contributed by atoms with Gasteiger partial charge >= 0.3 is 0 Å². The molecule has 1 heterocycles. The van der Waals surface area contributed by atoms with Crippen LogP contribution in [-0.4, -0.2) is 39.9 Å². The topological polar surface area (TPSA) is 77.2 Å². The predicted molar refractivity (Wildman–Crippen MR) is 94.5 cm³/mol. The van der Waals surface area contributed by atoms with Gasteiger partial charge in [-0.25, -0.2) is 9.67 Å². The number of hydrogen-bond donors (Lipinski definition) is 1. The molecule has 0 bridgehead atoms. The van der Waals surface area contributed by atoms with E-state index >= 15 is 0 Å². The summed E-state index contributed by atoms with van der Waals surface area (Å²) in [5.41, 5.74) is 2.27. The number of aromatic nitrogens is 3. The number of aliphatic hydroxyl groups is 1. The molecule has 128 valence electrons. The number of carbonyl (C=O) groups excluding carboxylic acids is 1. The smallest absolute Gasteiger partial charge is 0.181 e. The van der Waals surface area contributed by atoms with Crippen molar-refractivity contribution in [3.63, 3.8) is 0 Å². The van der Waals surface area contributed by atoms with Gasteiger partial charge in [-0.3, -0.25) is 4.79 Å². The first-order valence-electron chi connectivity index (χ1n) is 8.01. The quantitative estimate of drug-likeness (QED) is 0.671. The largest absolute Gasteiger partial charge is 0.497 e. The van der Waals surface area contributed by atoms with Crippen LogP contribution in [0.5, 0.6) is 5.75 Å². The summed E-state index contributed by atoms with van der Waals surface area (Å²) in [6, 6.07) is 14.8. The molecule has 3 aromatic rings. The first kappa shape index (κ1) is 16.9. The predicted octanol–water partition coefficient (Wildman–Crippen LogP) is 2.82. The lowest BCUT2D eigenvalue weighted by Gasteiger charge is -2.05. The Labute approximate surface area is 145 Å².